The fourth-order valence-corrected chi connectivity index (χ4v) is 2.88. The van der Waals surface area contributed by atoms with E-state index in [-0.39, 0.29) is 6.61 Å². The summed E-state index contributed by atoms with van der Waals surface area (Å²) in [5.74, 6) is 1.44. The van der Waals surface area contributed by atoms with Crippen molar-refractivity contribution in [2.24, 2.45) is 0 Å². The van der Waals surface area contributed by atoms with Gasteiger partial charge < -0.3 is 14.8 Å². The number of hydrogen-bond acceptors (Lipinski definition) is 8. The molecule has 0 bridgehead atoms. The lowest BCUT2D eigenvalue weighted by Crippen LogP contribution is -2.05. The number of nitriles is 1. The predicted octanol–water partition coefficient (Wildman–Crippen LogP) is 2.81. The number of furan rings is 1. The fourth-order valence-electron chi connectivity index (χ4n) is 2.88. The van der Waals surface area contributed by atoms with Crippen LogP contribution in [-0.2, 0) is 13.2 Å². The van der Waals surface area contributed by atoms with Crippen LogP contribution in [0.1, 0.15) is 22.6 Å². The molecule has 0 amide bonds. The molecule has 4 rings (SSSR count). The van der Waals surface area contributed by atoms with E-state index in [1.807, 2.05) is 25.1 Å². The topological polar surface area (TPSA) is 137 Å². The number of aliphatic hydroxyl groups is 1. The third-order valence-corrected chi connectivity index (χ3v) is 4.33. The molecule has 3 aromatic heterocycles. The maximum atomic E-state index is 9.10. The number of aryl methyl sites for hydroxylation is 1. The standard InChI is InChI=1S/C20H17N7O2/c1-12-6-13(8-21)2-4-16(12)18-10-23-27-20(24-18)22-9-14-7-17(26-25-14)19-5-3-15(11-28)29-19/h2-7,10,28H,9,11H2,1H3,(H,25,26)(H,22,24,27). The van der Waals surface area contributed by atoms with Gasteiger partial charge >= 0.3 is 0 Å². The molecule has 0 saturated heterocycles. The zero-order valence-corrected chi connectivity index (χ0v) is 15.5. The van der Waals surface area contributed by atoms with E-state index in [1.54, 1.807) is 24.4 Å². The molecule has 0 fully saturated rings. The number of H-pyrrole nitrogens is 1. The van der Waals surface area contributed by atoms with Gasteiger partial charge in [0.15, 0.2) is 5.76 Å². The van der Waals surface area contributed by atoms with E-state index in [9.17, 15) is 0 Å². The molecule has 0 atom stereocenters. The van der Waals surface area contributed by atoms with Gasteiger partial charge in [-0.15, -0.1) is 5.10 Å². The first-order valence-electron chi connectivity index (χ1n) is 8.85. The van der Waals surface area contributed by atoms with Crippen LogP contribution in [0.15, 0.2) is 47.0 Å². The van der Waals surface area contributed by atoms with Crippen LogP contribution in [0.5, 0.6) is 0 Å². The number of aromatic nitrogens is 5. The van der Waals surface area contributed by atoms with Crippen molar-refractivity contribution in [3.8, 4) is 28.8 Å². The van der Waals surface area contributed by atoms with Gasteiger partial charge in [-0.3, -0.25) is 5.10 Å². The first-order valence-corrected chi connectivity index (χ1v) is 8.85. The molecule has 0 aliphatic heterocycles. The third-order valence-electron chi connectivity index (χ3n) is 4.33. The molecule has 4 aromatic rings. The van der Waals surface area contributed by atoms with Crippen LogP contribution in [0.4, 0.5) is 5.95 Å². The summed E-state index contributed by atoms with van der Waals surface area (Å²) in [6, 6.07) is 12.9. The zero-order valence-electron chi connectivity index (χ0n) is 15.5. The highest BCUT2D eigenvalue weighted by molar-refractivity contribution is 5.64. The fraction of sp³-hybridized carbons (Fsp3) is 0.150. The van der Waals surface area contributed by atoms with E-state index in [2.05, 4.69) is 36.8 Å². The summed E-state index contributed by atoms with van der Waals surface area (Å²) >= 11 is 0. The van der Waals surface area contributed by atoms with E-state index >= 15 is 0 Å². The molecule has 9 heteroatoms. The second-order valence-electron chi connectivity index (χ2n) is 6.36. The van der Waals surface area contributed by atoms with Crippen molar-refractivity contribution < 1.29 is 9.52 Å². The van der Waals surface area contributed by atoms with Crippen LogP contribution in [0.3, 0.4) is 0 Å². The molecule has 0 spiro atoms. The lowest BCUT2D eigenvalue weighted by atomic mass is 10.0. The molecule has 3 N–H and O–H groups in total. The first kappa shape index (κ1) is 18.3. The average molecular weight is 387 g/mol. The van der Waals surface area contributed by atoms with Gasteiger partial charge in [-0.05, 0) is 42.8 Å². The molecular weight excluding hydrogens is 370 g/mol. The van der Waals surface area contributed by atoms with Crippen LogP contribution in [0, 0.1) is 18.3 Å². The normalized spacial score (nSPS) is 10.7. The lowest BCUT2D eigenvalue weighted by Gasteiger charge is -2.07. The monoisotopic (exact) mass is 387 g/mol. The van der Waals surface area contributed by atoms with Crippen molar-refractivity contribution in [3.05, 3.63) is 65.2 Å². The first-order chi connectivity index (χ1) is 14.2. The summed E-state index contributed by atoms with van der Waals surface area (Å²) in [6.45, 7) is 2.19. The third kappa shape index (κ3) is 3.97. The Hall–Kier alpha value is -4.03. The molecule has 9 nitrogen and oxygen atoms in total. The number of aromatic amines is 1. The second kappa shape index (κ2) is 7.92. The number of rotatable bonds is 6. The molecule has 29 heavy (non-hydrogen) atoms. The molecule has 1 aromatic carbocycles. The summed E-state index contributed by atoms with van der Waals surface area (Å²) in [5.41, 5.74) is 4.55. The molecule has 0 saturated carbocycles. The smallest absolute Gasteiger partial charge is 0.243 e. The van der Waals surface area contributed by atoms with Gasteiger partial charge in [0.1, 0.15) is 18.1 Å². The highest BCUT2D eigenvalue weighted by Crippen LogP contribution is 2.23. The predicted molar refractivity (Wildman–Crippen MR) is 104 cm³/mol. The van der Waals surface area contributed by atoms with E-state index in [0.717, 1.165) is 16.8 Å². The summed E-state index contributed by atoms with van der Waals surface area (Å²) in [6.07, 6.45) is 1.59. The van der Waals surface area contributed by atoms with Gasteiger partial charge in [0, 0.05) is 5.56 Å². The Morgan fingerprint density at radius 1 is 1.21 bits per heavy atom. The van der Waals surface area contributed by atoms with Crippen molar-refractivity contribution >= 4 is 5.95 Å². The SMILES string of the molecule is Cc1cc(C#N)ccc1-c1cnnc(NCc2cc(-c3ccc(CO)o3)n[nH]2)n1. The minimum Gasteiger partial charge on any atom is -0.457 e. The Balaban J connectivity index is 1.47. The largest absolute Gasteiger partial charge is 0.457 e. The average Bonchev–Trinajstić information content (AvgIpc) is 3.41. The molecule has 0 aliphatic rings. The van der Waals surface area contributed by atoms with Gasteiger partial charge in [0.2, 0.25) is 5.95 Å². The lowest BCUT2D eigenvalue weighted by molar-refractivity contribution is 0.248. The highest BCUT2D eigenvalue weighted by Gasteiger charge is 2.10. The Bertz CT molecular complexity index is 1190. The molecule has 144 valence electrons. The summed E-state index contributed by atoms with van der Waals surface area (Å²) < 4.78 is 5.48. The number of hydrogen-bond donors (Lipinski definition) is 3. The molecule has 0 unspecified atom stereocenters. The van der Waals surface area contributed by atoms with E-state index in [4.69, 9.17) is 14.8 Å². The van der Waals surface area contributed by atoms with Crippen molar-refractivity contribution in [3.63, 3.8) is 0 Å². The Morgan fingerprint density at radius 3 is 2.86 bits per heavy atom. The van der Waals surface area contributed by atoms with Crippen LogP contribution in [0.2, 0.25) is 0 Å². The maximum Gasteiger partial charge on any atom is 0.243 e. The minimum atomic E-state index is -0.155. The van der Waals surface area contributed by atoms with Gasteiger partial charge in [0.05, 0.1) is 35.8 Å². The van der Waals surface area contributed by atoms with Gasteiger partial charge in [-0.2, -0.15) is 15.5 Å². The Labute approximate surface area is 166 Å². The summed E-state index contributed by atoms with van der Waals surface area (Å²) in [5, 5.41) is 36.4. The second-order valence-corrected chi connectivity index (χ2v) is 6.36. The van der Waals surface area contributed by atoms with E-state index in [0.29, 0.717) is 41.0 Å². The van der Waals surface area contributed by atoms with Gasteiger partial charge in [0.25, 0.3) is 0 Å². The molecular formula is C20H17N7O2. The van der Waals surface area contributed by atoms with E-state index < -0.39 is 0 Å². The van der Waals surface area contributed by atoms with Crippen LogP contribution in [-0.4, -0.2) is 30.5 Å². The summed E-state index contributed by atoms with van der Waals surface area (Å²) in [7, 11) is 0. The van der Waals surface area contributed by atoms with Gasteiger partial charge in [-0.25, -0.2) is 4.98 Å². The molecule has 0 radical (unpaired) electrons. The number of aliphatic hydroxyl groups excluding tert-OH is 1. The molecule has 3 heterocycles. The van der Waals surface area contributed by atoms with Crippen molar-refractivity contribution in [2.75, 3.05) is 5.32 Å². The maximum absolute atomic E-state index is 9.10. The zero-order chi connectivity index (χ0) is 20.2. The number of nitrogens with zero attached hydrogens (tertiary/aromatic N) is 5. The van der Waals surface area contributed by atoms with Crippen molar-refractivity contribution in [2.45, 2.75) is 20.1 Å². The highest BCUT2D eigenvalue weighted by atomic mass is 16.4. The van der Waals surface area contributed by atoms with Crippen LogP contribution < -0.4 is 5.32 Å². The van der Waals surface area contributed by atoms with Crippen LogP contribution in [0.25, 0.3) is 22.7 Å². The van der Waals surface area contributed by atoms with Gasteiger partial charge in [-0.1, -0.05) is 6.07 Å². The number of nitrogens with one attached hydrogen (secondary N) is 2. The number of anilines is 1. The molecule has 0 aliphatic carbocycles. The quantitative estimate of drug-likeness (QED) is 0.459. The van der Waals surface area contributed by atoms with E-state index in [1.165, 1.54) is 0 Å². The minimum absolute atomic E-state index is 0.155. The Morgan fingerprint density at radius 2 is 2.10 bits per heavy atom. The van der Waals surface area contributed by atoms with Crippen LogP contribution >= 0.6 is 0 Å². The Kier molecular flexibility index (Phi) is 5.01. The van der Waals surface area contributed by atoms with Crippen molar-refractivity contribution in [1.29, 1.82) is 5.26 Å². The number of benzene rings is 1. The van der Waals surface area contributed by atoms with Crippen molar-refractivity contribution in [1.82, 2.24) is 25.4 Å². The summed E-state index contributed by atoms with van der Waals surface area (Å²) in [4.78, 5) is 4.51.